The lowest BCUT2D eigenvalue weighted by Crippen LogP contribution is -2.53. The topological polar surface area (TPSA) is 95.6 Å². The van der Waals surface area contributed by atoms with Crippen LogP contribution >= 0.6 is 11.6 Å². The van der Waals surface area contributed by atoms with Crippen LogP contribution in [0.2, 0.25) is 5.02 Å². The number of imide groups is 1. The fourth-order valence-electron chi connectivity index (χ4n) is 4.84. The molecular formula is C22H22B4ClF2N3O4. The van der Waals surface area contributed by atoms with Crippen molar-refractivity contribution in [1.29, 1.82) is 0 Å². The van der Waals surface area contributed by atoms with Crippen LogP contribution in [0.4, 0.5) is 8.78 Å². The summed E-state index contributed by atoms with van der Waals surface area (Å²) in [5.41, 5.74) is 1.71. The average Bonchev–Trinajstić information content (AvgIpc) is 3.04. The van der Waals surface area contributed by atoms with Gasteiger partial charge in [0.15, 0.2) is 0 Å². The monoisotopic (exact) mass is 509 g/mol. The lowest BCUT2D eigenvalue weighted by molar-refractivity contribution is -0.147. The van der Waals surface area contributed by atoms with E-state index in [0.717, 1.165) is 12.1 Å². The number of carbonyl (C=O) groups is 4. The first-order valence-corrected chi connectivity index (χ1v) is 11.9. The van der Waals surface area contributed by atoms with Gasteiger partial charge in [0.05, 0.1) is 0 Å². The molecule has 4 rings (SSSR count). The Morgan fingerprint density at radius 1 is 1.11 bits per heavy atom. The Hall–Kier alpha value is -3.07. The van der Waals surface area contributed by atoms with Crippen LogP contribution in [0.15, 0.2) is 36.4 Å². The number of rotatable bonds is 5. The molecule has 0 saturated carbocycles. The van der Waals surface area contributed by atoms with Gasteiger partial charge in [-0.25, -0.2) is 0 Å². The van der Waals surface area contributed by atoms with Gasteiger partial charge in [-0.3, -0.25) is 24.5 Å². The molecule has 0 aromatic heterocycles. The van der Waals surface area contributed by atoms with Crippen LogP contribution in [-0.2, 0) is 25.6 Å². The average molecular weight is 509 g/mol. The number of alkyl halides is 2. The fraction of sp³-hybridized carbons (Fsp3) is 0.273. The second-order valence-electron chi connectivity index (χ2n) is 9.77. The minimum Gasteiger partial charge on any atom is -0.357 e. The highest BCUT2D eigenvalue weighted by Gasteiger charge is 2.46. The zero-order chi connectivity index (χ0) is 26.6. The Balaban J connectivity index is 1.62. The van der Waals surface area contributed by atoms with Crippen molar-refractivity contribution in [1.82, 2.24) is 15.5 Å². The van der Waals surface area contributed by atoms with E-state index < -0.39 is 40.6 Å². The first kappa shape index (κ1) is 26.0. The van der Waals surface area contributed by atoms with Crippen molar-refractivity contribution in [3.05, 3.63) is 63.7 Å². The Kier molecular flexibility index (Phi) is 6.58. The SMILES string of the molecule is Bc1cc(C(B)(B)NC(=O)C(F)(F)c2ccc(Cl)cc2)cc2c1C(=O)N(C1CCC(=O)NC1=O)C2B. The van der Waals surface area contributed by atoms with Crippen LogP contribution in [-0.4, -0.2) is 66.0 Å². The highest BCUT2D eigenvalue weighted by molar-refractivity contribution is 6.42. The quantitative estimate of drug-likeness (QED) is 0.353. The van der Waals surface area contributed by atoms with E-state index in [1.165, 1.54) is 17.0 Å². The summed E-state index contributed by atoms with van der Waals surface area (Å²) in [6, 6.07) is 7.39. The number of amides is 4. The molecule has 36 heavy (non-hydrogen) atoms. The van der Waals surface area contributed by atoms with Gasteiger partial charge in [0.25, 0.3) is 11.8 Å². The molecular weight excluding hydrogens is 487 g/mol. The third-order valence-corrected chi connectivity index (χ3v) is 7.12. The molecule has 2 aliphatic heterocycles. The summed E-state index contributed by atoms with van der Waals surface area (Å²) in [5, 5.41) is 3.78. The van der Waals surface area contributed by atoms with E-state index in [0.29, 0.717) is 22.2 Å². The Morgan fingerprint density at radius 2 is 1.75 bits per heavy atom. The van der Waals surface area contributed by atoms with Gasteiger partial charge < -0.3 is 10.2 Å². The summed E-state index contributed by atoms with van der Waals surface area (Å²) in [5.74, 6) is -6.97. The van der Waals surface area contributed by atoms with Crippen molar-refractivity contribution in [2.24, 2.45) is 0 Å². The number of hydrogen-bond acceptors (Lipinski definition) is 4. The lowest BCUT2D eigenvalue weighted by Gasteiger charge is -2.33. The normalized spacial score (nSPS) is 20.2. The van der Waals surface area contributed by atoms with Gasteiger partial charge >= 0.3 is 5.92 Å². The highest BCUT2D eigenvalue weighted by atomic mass is 35.5. The second kappa shape index (κ2) is 9.10. The van der Waals surface area contributed by atoms with Crippen LogP contribution in [0.25, 0.3) is 0 Å². The molecule has 2 aromatic rings. The summed E-state index contributed by atoms with van der Waals surface area (Å²) in [6.07, 6.45) is 0.357. The Morgan fingerprint density at radius 3 is 2.36 bits per heavy atom. The number of piperidine rings is 1. The van der Waals surface area contributed by atoms with Crippen molar-refractivity contribution in [3.63, 3.8) is 0 Å². The molecule has 4 amide bonds. The molecule has 2 unspecified atom stereocenters. The van der Waals surface area contributed by atoms with Gasteiger partial charge in [-0.1, -0.05) is 41.3 Å². The zero-order valence-corrected chi connectivity index (χ0v) is 21.0. The Labute approximate surface area is 215 Å². The number of halogens is 3. The standard InChI is InChI=1S/C22H22B4ClF2N3O4/c23-13-8-10(22(25,26)31-20(36)21(28,29)9-1-3-11(27)4-2-9)7-12-16(13)19(35)32(17(12)24)14-5-6-15(33)30-18(14)34/h1-4,7-8,14,17H,5-6,23-26H2,(H,31,36)(H,30,33,34). The van der Waals surface area contributed by atoms with Crippen LogP contribution < -0.4 is 16.1 Å². The van der Waals surface area contributed by atoms with Crippen LogP contribution in [0.5, 0.6) is 0 Å². The molecule has 14 heteroatoms. The van der Waals surface area contributed by atoms with Crippen molar-refractivity contribution in [2.45, 2.75) is 36.1 Å². The second-order valence-corrected chi connectivity index (χ2v) is 10.2. The third-order valence-electron chi connectivity index (χ3n) is 6.87. The van der Waals surface area contributed by atoms with Crippen LogP contribution in [0, 0.1) is 0 Å². The van der Waals surface area contributed by atoms with Crippen molar-refractivity contribution in [3.8, 4) is 0 Å². The zero-order valence-electron chi connectivity index (χ0n) is 20.2. The lowest BCUT2D eigenvalue weighted by atomic mass is 9.57. The number of nitrogens with one attached hydrogen (secondary N) is 2. The van der Waals surface area contributed by atoms with Crippen molar-refractivity contribution < 1.29 is 28.0 Å². The molecule has 2 heterocycles. The summed E-state index contributed by atoms with van der Waals surface area (Å²) in [4.78, 5) is 51.4. The van der Waals surface area contributed by atoms with Crippen molar-refractivity contribution in [2.75, 3.05) is 0 Å². The number of benzene rings is 2. The van der Waals surface area contributed by atoms with Crippen molar-refractivity contribution >= 4 is 72.1 Å². The van der Waals surface area contributed by atoms with E-state index in [4.69, 9.17) is 11.6 Å². The van der Waals surface area contributed by atoms with E-state index in [1.807, 2.05) is 0 Å². The first-order valence-electron chi connectivity index (χ1n) is 11.5. The Bertz CT molecular complexity index is 1290. The summed E-state index contributed by atoms with van der Waals surface area (Å²) in [7, 11) is 6.70. The fourth-order valence-corrected chi connectivity index (χ4v) is 4.96. The molecule has 2 atom stereocenters. The van der Waals surface area contributed by atoms with E-state index in [-0.39, 0.29) is 29.7 Å². The third kappa shape index (κ3) is 4.45. The maximum Gasteiger partial charge on any atom is 0.349 e. The largest absolute Gasteiger partial charge is 0.357 e. The molecule has 2 N–H and O–H groups in total. The maximum atomic E-state index is 14.9. The van der Waals surface area contributed by atoms with Gasteiger partial charge in [0, 0.05) is 33.8 Å². The predicted molar refractivity (Wildman–Crippen MR) is 141 cm³/mol. The minimum atomic E-state index is -3.79. The van der Waals surface area contributed by atoms with Gasteiger partial charge in [-0.15, -0.1) is 0 Å². The molecule has 0 spiro atoms. The molecule has 2 aliphatic rings. The van der Waals surface area contributed by atoms with Gasteiger partial charge in [0.1, 0.15) is 37.4 Å². The van der Waals surface area contributed by atoms with E-state index in [2.05, 4.69) is 10.6 Å². The number of hydrogen-bond donors (Lipinski definition) is 2. The molecule has 2 aromatic carbocycles. The number of fused-ring (bicyclic) bond motifs is 1. The van der Waals surface area contributed by atoms with Gasteiger partial charge in [-0.2, -0.15) is 8.78 Å². The molecule has 0 bridgehead atoms. The predicted octanol–water partition coefficient (Wildman–Crippen LogP) is -2.22. The summed E-state index contributed by atoms with van der Waals surface area (Å²) < 4.78 is 29.8. The molecule has 1 saturated heterocycles. The number of carbonyl (C=O) groups excluding carboxylic acids is 4. The van der Waals surface area contributed by atoms with E-state index in [1.54, 1.807) is 43.5 Å². The number of nitrogens with zero attached hydrogens (tertiary/aromatic N) is 1. The maximum absolute atomic E-state index is 14.9. The van der Waals surface area contributed by atoms with E-state index >= 15 is 0 Å². The minimum absolute atomic E-state index is 0.133. The first-order chi connectivity index (χ1) is 16.7. The molecule has 0 aliphatic carbocycles. The molecule has 1 fully saturated rings. The smallest absolute Gasteiger partial charge is 0.349 e. The summed E-state index contributed by atoms with van der Waals surface area (Å²) in [6.45, 7) is 0. The molecule has 7 nitrogen and oxygen atoms in total. The van der Waals surface area contributed by atoms with Gasteiger partial charge in [0.2, 0.25) is 11.8 Å². The molecule has 0 radical (unpaired) electrons. The van der Waals surface area contributed by atoms with E-state index in [9.17, 15) is 28.0 Å². The molecule has 182 valence electrons. The highest BCUT2D eigenvalue weighted by Crippen LogP contribution is 2.36. The van der Waals surface area contributed by atoms with Crippen LogP contribution in [0.3, 0.4) is 0 Å². The van der Waals surface area contributed by atoms with Gasteiger partial charge in [-0.05, 0) is 29.7 Å². The summed E-state index contributed by atoms with van der Waals surface area (Å²) >= 11 is 5.78. The van der Waals surface area contributed by atoms with Crippen LogP contribution in [0.1, 0.15) is 45.8 Å².